The Bertz CT molecular complexity index is 923. The van der Waals surface area contributed by atoms with Crippen molar-refractivity contribution >= 4 is 39.0 Å². The molecule has 1 aliphatic rings. The molecule has 25 heavy (non-hydrogen) atoms. The lowest BCUT2D eigenvalue weighted by molar-refractivity contribution is 0.0936. The van der Waals surface area contributed by atoms with E-state index in [9.17, 15) is 17.6 Å². The lowest BCUT2D eigenvalue weighted by Crippen LogP contribution is -2.36. The van der Waals surface area contributed by atoms with E-state index in [0.717, 1.165) is 0 Å². The SMILES string of the molecule is O=C(NC1CCS(=O)(=O)C1)c1ccnc(Nc2ccc(F)c(Cl)c2)n1. The summed E-state index contributed by atoms with van der Waals surface area (Å²) in [5.41, 5.74) is 0.556. The van der Waals surface area contributed by atoms with Gasteiger partial charge in [0.2, 0.25) is 5.95 Å². The Kier molecular flexibility index (Phi) is 4.87. The van der Waals surface area contributed by atoms with E-state index in [2.05, 4.69) is 20.6 Å². The largest absolute Gasteiger partial charge is 0.347 e. The number of amides is 1. The number of benzene rings is 1. The van der Waals surface area contributed by atoms with E-state index >= 15 is 0 Å². The highest BCUT2D eigenvalue weighted by Crippen LogP contribution is 2.21. The Morgan fingerprint density at radius 3 is 2.80 bits per heavy atom. The monoisotopic (exact) mass is 384 g/mol. The molecule has 1 saturated heterocycles. The number of sulfone groups is 1. The Balaban J connectivity index is 1.70. The van der Waals surface area contributed by atoms with Gasteiger partial charge in [-0.25, -0.2) is 22.8 Å². The first kappa shape index (κ1) is 17.6. The molecule has 132 valence electrons. The molecule has 1 fully saturated rings. The summed E-state index contributed by atoms with van der Waals surface area (Å²) >= 11 is 5.71. The molecule has 1 aromatic carbocycles. The number of rotatable bonds is 4. The molecule has 1 atom stereocenters. The van der Waals surface area contributed by atoms with Gasteiger partial charge < -0.3 is 10.6 Å². The molecule has 3 rings (SSSR count). The van der Waals surface area contributed by atoms with Crippen LogP contribution >= 0.6 is 11.6 Å². The number of halogens is 2. The molecule has 2 heterocycles. The Labute approximate surface area is 148 Å². The maximum atomic E-state index is 13.2. The van der Waals surface area contributed by atoms with Gasteiger partial charge in [-0.15, -0.1) is 0 Å². The van der Waals surface area contributed by atoms with Crippen molar-refractivity contribution in [2.24, 2.45) is 0 Å². The minimum absolute atomic E-state index is 0.0543. The third-order valence-electron chi connectivity index (χ3n) is 3.63. The normalized spacial score (nSPS) is 18.7. The van der Waals surface area contributed by atoms with E-state index < -0.39 is 27.6 Å². The first-order valence-electron chi connectivity index (χ1n) is 7.39. The van der Waals surface area contributed by atoms with E-state index in [1.807, 2.05) is 0 Å². The van der Waals surface area contributed by atoms with Gasteiger partial charge in [-0.3, -0.25) is 4.79 Å². The molecule has 7 nitrogen and oxygen atoms in total. The molecular weight excluding hydrogens is 371 g/mol. The minimum Gasteiger partial charge on any atom is -0.347 e. The number of carbonyl (C=O) groups excluding carboxylic acids is 1. The molecule has 1 amide bonds. The van der Waals surface area contributed by atoms with Gasteiger partial charge in [-0.2, -0.15) is 0 Å². The first-order valence-corrected chi connectivity index (χ1v) is 9.59. The van der Waals surface area contributed by atoms with Crippen molar-refractivity contribution in [3.63, 3.8) is 0 Å². The minimum atomic E-state index is -3.08. The molecule has 2 aromatic rings. The maximum Gasteiger partial charge on any atom is 0.270 e. The van der Waals surface area contributed by atoms with E-state index in [0.29, 0.717) is 12.1 Å². The first-order chi connectivity index (χ1) is 11.8. The molecule has 10 heteroatoms. The fourth-order valence-corrected chi connectivity index (χ4v) is 4.27. The predicted octanol–water partition coefficient (Wildman–Crippen LogP) is 1.93. The summed E-state index contributed by atoms with van der Waals surface area (Å²) < 4.78 is 36.1. The van der Waals surface area contributed by atoms with Crippen LogP contribution in [0.15, 0.2) is 30.5 Å². The zero-order valence-corrected chi connectivity index (χ0v) is 14.4. The maximum absolute atomic E-state index is 13.2. The van der Waals surface area contributed by atoms with Gasteiger partial charge in [0.15, 0.2) is 9.84 Å². The van der Waals surface area contributed by atoms with Crippen LogP contribution in [0, 0.1) is 5.82 Å². The fraction of sp³-hybridized carbons (Fsp3) is 0.267. The molecule has 2 N–H and O–H groups in total. The lowest BCUT2D eigenvalue weighted by atomic mass is 10.2. The van der Waals surface area contributed by atoms with Crippen molar-refractivity contribution < 1.29 is 17.6 Å². The Hall–Kier alpha value is -2.26. The highest BCUT2D eigenvalue weighted by Gasteiger charge is 2.29. The van der Waals surface area contributed by atoms with Crippen LogP contribution in [-0.4, -0.2) is 41.8 Å². The smallest absolute Gasteiger partial charge is 0.270 e. The zero-order chi connectivity index (χ0) is 18.0. The molecule has 1 aromatic heterocycles. The Morgan fingerprint density at radius 2 is 2.12 bits per heavy atom. The van der Waals surface area contributed by atoms with Crippen molar-refractivity contribution in [3.8, 4) is 0 Å². The quantitative estimate of drug-likeness (QED) is 0.835. The standard InChI is InChI=1S/C15H14ClFN4O3S/c16-11-7-9(1-2-12(11)17)20-15-18-5-3-13(21-15)14(22)19-10-4-6-25(23,24)8-10/h1-3,5,7,10H,4,6,8H2,(H,19,22)(H,18,20,21). The van der Waals surface area contributed by atoms with Crippen LogP contribution in [0.25, 0.3) is 0 Å². The average Bonchev–Trinajstić information content (AvgIpc) is 2.90. The average molecular weight is 385 g/mol. The third kappa shape index (κ3) is 4.43. The summed E-state index contributed by atoms with van der Waals surface area (Å²) in [6.07, 6.45) is 1.78. The molecule has 0 bridgehead atoms. The number of anilines is 2. The van der Waals surface area contributed by atoms with E-state index in [4.69, 9.17) is 11.6 Å². The summed E-state index contributed by atoms with van der Waals surface area (Å²) in [7, 11) is -3.08. The van der Waals surface area contributed by atoms with Crippen LogP contribution in [-0.2, 0) is 9.84 Å². The van der Waals surface area contributed by atoms with Crippen LogP contribution in [0.3, 0.4) is 0 Å². The Morgan fingerprint density at radius 1 is 1.32 bits per heavy atom. The summed E-state index contributed by atoms with van der Waals surface area (Å²) in [6, 6.07) is 5.03. The molecule has 1 aliphatic heterocycles. The summed E-state index contributed by atoms with van der Waals surface area (Å²) in [5, 5.41) is 5.42. The van der Waals surface area contributed by atoms with Gasteiger partial charge in [-0.1, -0.05) is 11.6 Å². The number of hydrogen-bond acceptors (Lipinski definition) is 6. The van der Waals surface area contributed by atoms with Gasteiger partial charge in [0.25, 0.3) is 5.91 Å². The van der Waals surface area contributed by atoms with Crippen molar-refractivity contribution in [2.45, 2.75) is 12.5 Å². The summed E-state index contributed by atoms with van der Waals surface area (Å²) in [6.45, 7) is 0. The van der Waals surface area contributed by atoms with E-state index in [-0.39, 0.29) is 28.2 Å². The molecule has 0 spiro atoms. The molecular formula is C15H14ClFN4O3S. The van der Waals surface area contributed by atoms with Crippen LogP contribution in [0.4, 0.5) is 16.0 Å². The number of nitrogens with zero attached hydrogens (tertiary/aromatic N) is 2. The van der Waals surface area contributed by atoms with Crippen molar-refractivity contribution in [2.75, 3.05) is 16.8 Å². The van der Waals surface area contributed by atoms with Gasteiger partial charge in [-0.05, 0) is 30.7 Å². The molecule has 0 saturated carbocycles. The number of hydrogen-bond donors (Lipinski definition) is 2. The number of carbonyl (C=O) groups is 1. The topological polar surface area (TPSA) is 101 Å². The highest BCUT2D eigenvalue weighted by molar-refractivity contribution is 7.91. The molecule has 0 radical (unpaired) electrons. The van der Waals surface area contributed by atoms with Crippen molar-refractivity contribution in [3.05, 3.63) is 47.0 Å². The fourth-order valence-electron chi connectivity index (χ4n) is 2.42. The predicted molar refractivity (Wildman–Crippen MR) is 91.2 cm³/mol. The molecule has 0 aliphatic carbocycles. The number of nitrogens with one attached hydrogen (secondary N) is 2. The summed E-state index contributed by atoms with van der Waals surface area (Å²) in [5.74, 6) is -0.894. The van der Waals surface area contributed by atoms with Gasteiger partial charge in [0.05, 0.1) is 16.5 Å². The second-order valence-electron chi connectivity index (χ2n) is 5.59. The van der Waals surface area contributed by atoms with Gasteiger partial charge >= 0.3 is 0 Å². The third-order valence-corrected chi connectivity index (χ3v) is 5.69. The van der Waals surface area contributed by atoms with E-state index in [1.54, 1.807) is 0 Å². The zero-order valence-electron chi connectivity index (χ0n) is 12.9. The summed E-state index contributed by atoms with van der Waals surface area (Å²) in [4.78, 5) is 20.3. The van der Waals surface area contributed by atoms with Crippen LogP contribution < -0.4 is 10.6 Å². The molecule has 1 unspecified atom stereocenters. The van der Waals surface area contributed by atoms with Crippen molar-refractivity contribution in [1.82, 2.24) is 15.3 Å². The second-order valence-corrected chi connectivity index (χ2v) is 8.23. The highest BCUT2D eigenvalue weighted by atomic mass is 35.5. The lowest BCUT2D eigenvalue weighted by Gasteiger charge is -2.11. The van der Waals surface area contributed by atoms with Crippen molar-refractivity contribution in [1.29, 1.82) is 0 Å². The second kappa shape index (κ2) is 6.93. The van der Waals surface area contributed by atoms with Gasteiger partial charge in [0.1, 0.15) is 11.5 Å². The van der Waals surface area contributed by atoms with Crippen LogP contribution in [0.5, 0.6) is 0 Å². The van der Waals surface area contributed by atoms with Crippen LogP contribution in [0.2, 0.25) is 5.02 Å². The number of aromatic nitrogens is 2. The van der Waals surface area contributed by atoms with Crippen LogP contribution in [0.1, 0.15) is 16.9 Å². The van der Waals surface area contributed by atoms with E-state index in [1.165, 1.54) is 30.5 Å². The van der Waals surface area contributed by atoms with Gasteiger partial charge in [0, 0.05) is 17.9 Å².